The molecule has 0 aliphatic carbocycles. The zero-order valence-electron chi connectivity index (χ0n) is 16.9. The zero-order valence-corrected chi connectivity index (χ0v) is 16.9. The van der Waals surface area contributed by atoms with Gasteiger partial charge in [-0.25, -0.2) is 0 Å². The van der Waals surface area contributed by atoms with Crippen LogP contribution >= 0.6 is 0 Å². The van der Waals surface area contributed by atoms with Crippen LogP contribution in [0.15, 0.2) is 42.5 Å². The predicted molar refractivity (Wildman–Crippen MR) is 110 cm³/mol. The quantitative estimate of drug-likeness (QED) is 0.768. The Morgan fingerprint density at radius 1 is 1.11 bits per heavy atom. The fourth-order valence-corrected chi connectivity index (χ4v) is 3.51. The second-order valence-electron chi connectivity index (χ2n) is 7.70. The molecule has 0 aromatic heterocycles. The third-order valence-corrected chi connectivity index (χ3v) is 5.18. The normalized spacial score (nSPS) is 16.4. The van der Waals surface area contributed by atoms with Crippen molar-refractivity contribution in [2.24, 2.45) is 0 Å². The van der Waals surface area contributed by atoms with Crippen molar-refractivity contribution in [2.75, 3.05) is 32.1 Å². The van der Waals surface area contributed by atoms with Gasteiger partial charge in [-0.05, 0) is 56.0 Å². The van der Waals surface area contributed by atoms with E-state index in [9.17, 15) is 4.79 Å². The van der Waals surface area contributed by atoms with Crippen molar-refractivity contribution >= 4 is 11.6 Å². The Morgan fingerprint density at radius 2 is 1.85 bits per heavy atom. The molecule has 0 N–H and O–H groups in total. The van der Waals surface area contributed by atoms with Crippen LogP contribution in [0.3, 0.4) is 0 Å². The average molecular weight is 367 g/mol. The fourth-order valence-electron chi connectivity index (χ4n) is 3.51. The molecule has 1 amide bonds. The summed E-state index contributed by atoms with van der Waals surface area (Å²) in [6.45, 7) is 6.07. The number of carbonyl (C=O) groups excluding carboxylic acids is 1. The van der Waals surface area contributed by atoms with Gasteiger partial charge in [0.05, 0.1) is 6.10 Å². The second-order valence-corrected chi connectivity index (χ2v) is 7.70. The Balaban J connectivity index is 1.83. The minimum atomic E-state index is 0.0865. The highest BCUT2D eigenvalue weighted by atomic mass is 16.5. The molecule has 2 aromatic carbocycles. The summed E-state index contributed by atoms with van der Waals surface area (Å²) >= 11 is 0. The molecule has 0 bridgehead atoms. The van der Waals surface area contributed by atoms with E-state index in [1.54, 1.807) is 0 Å². The first-order valence-electron chi connectivity index (χ1n) is 9.68. The van der Waals surface area contributed by atoms with Crippen molar-refractivity contribution in [3.05, 3.63) is 64.7 Å². The number of amides is 1. The van der Waals surface area contributed by atoms with E-state index in [1.165, 1.54) is 0 Å². The van der Waals surface area contributed by atoms with Gasteiger partial charge in [-0.15, -0.1) is 0 Å². The Hall–Kier alpha value is -2.33. The first-order chi connectivity index (χ1) is 12.9. The topological polar surface area (TPSA) is 32.8 Å². The van der Waals surface area contributed by atoms with E-state index in [4.69, 9.17) is 4.74 Å². The molecule has 1 aliphatic heterocycles. The van der Waals surface area contributed by atoms with Crippen LogP contribution < -0.4 is 4.90 Å². The highest BCUT2D eigenvalue weighted by Gasteiger charge is 2.24. The molecule has 144 valence electrons. The van der Waals surface area contributed by atoms with Gasteiger partial charge in [-0.3, -0.25) is 4.79 Å². The number of hydrogen-bond donors (Lipinski definition) is 0. The second kappa shape index (κ2) is 8.57. The van der Waals surface area contributed by atoms with E-state index in [0.29, 0.717) is 13.1 Å². The highest BCUT2D eigenvalue weighted by molar-refractivity contribution is 5.95. The largest absolute Gasteiger partial charge is 0.378 e. The van der Waals surface area contributed by atoms with E-state index in [1.807, 2.05) is 45.0 Å². The van der Waals surface area contributed by atoms with Crippen molar-refractivity contribution in [1.82, 2.24) is 4.90 Å². The highest BCUT2D eigenvalue weighted by Crippen LogP contribution is 2.20. The van der Waals surface area contributed by atoms with Crippen molar-refractivity contribution in [3.8, 4) is 0 Å². The van der Waals surface area contributed by atoms with E-state index < -0.39 is 0 Å². The molecule has 1 saturated heterocycles. The third-order valence-electron chi connectivity index (χ3n) is 5.18. The van der Waals surface area contributed by atoms with Gasteiger partial charge in [0.25, 0.3) is 5.91 Å². The number of benzene rings is 2. The monoisotopic (exact) mass is 366 g/mol. The van der Waals surface area contributed by atoms with Gasteiger partial charge in [0, 0.05) is 45.0 Å². The van der Waals surface area contributed by atoms with Crippen LogP contribution in [0.4, 0.5) is 5.69 Å². The van der Waals surface area contributed by atoms with E-state index in [2.05, 4.69) is 35.2 Å². The molecule has 1 aliphatic rings. The van der Waals surface area contributed by atoms with Crippen molar-refractivity contribution in [3.63, 3.8) is 0 Å². The smallest absolute Gasteiger partial charge is 0.254 e. The van der Waals surface area contributed by atoms with Crippen LogP contribution in [0.25, 0.3) is 0 Å². The minimum absolute atomic E-state index is 0.0865. The van der Waals surface area contributed by atoms with Crippen molar-refractivity contribution in [2.45, 2.75) is 39.3 Å². The first-order valence-corrected chi connectivity index (χ1v) is 9.68. The lowest BCUT2D eigenvalue weighted by molar-refractivity contribution is 0.0506. The van der Waals surface area contributed by atoms with Gasteiger partial charge in [0.1, 0.15) is 0 Å². The summed E-state index contributed by atoms with van der Waals surface area (Å²) < 4.78 is 5.81. The van der Waals surface area contributed by atoms with Crippen molar-refractivity contribution in [1.29, 1.82) is 0 Å². The molecule has 1 heterocycles. The number of hydrogen-bond acceptors (Lipinski definition) is 3. The van der Waals surface area contributed by atoms with E-state index in [0.717, 1.165) is 47.4 Å². The van der Waals surface area contributed by atoms with Crippen molar-refractivity contribution < 1.29 is 9.53 Å². The number of nitrogens with zero attached hydrogens (tertiary/aromatic N) is 2. The fraction of sp³-hybridized carbons (Fsp3) is 0.435. The maximum atomic E-state index is 13.3. The molecule has 0 radical (unpaired) electrons. The molecule has 1 unspecified atom stereocenters. The minimum Gasteiger partial charge on any atom is -0.378 e. The lowest BCUT2D eigenvalue weighted by Crippen LogP contribution is -2.37. The molecule has 4 nitrogen and oxygen atoms in total. The summed E-state index contributed by atoms with van der Waals surface area (Å²) in [6.07, 6.45) is 2.24. The first kappa shape index (κ1) is 19.4. The molecule has 27 heavy (non-hydrogen) atoms. The number of carbonyl (C=O) groups is 1. The molecule has 1 fully saturated rings. The Bertz CT molecular complexity index is 777. The van der Waals surface area contributed by atoms with Gasteiger partial charge in [-0.2, -0.15) is 0 Å². The molecular formula is C23H30N2O2. The molecular weight excluding hydrogens is 336 g/mol. The van der Waals surface area contributed by atoms with E-state index >= 15 is 0 Å². The van der Waals surface area contributed by atoms with Crippen LogP contribution in [-0.4, -0.2) is 44.2 Å². The van der Waals surface area contributed by atoms with Crippen LogP contribution in [0.5, 0.6) is 0 Å². The lowest BCUT2D eigenvalue weighted by atomic mass is 10.0. The number of rotatable bonds is 6. The standard InChI is InChI=1S/C23H30N2O2/c1-17-7-8-18(2)22(14-17)23(26)25(16-21-6-5-13-27-21)15-19-9-11-20(12-10-19)24(3)4/h7-12,14,21H,5-6,13,15-16H2,1-4H3. The van der Waals surface area contributed by atoms with Gasteiger partial charge in [0.2, 0.25) is 0 Å². The van der Waals surface area contributed by atoms with Crippen LogP contribution in [0.2, 0.25) is 0 Å². The van der Waals surface area contributed by atoms with Crippen LogP contribution in [0.1, 0.15) is 39.9 Å². The molecule has 3 rings (SSSR count). The lowest BCUT2D eigenvalue weighted by Gasteiger charge is -2.27. The average Bonchev–Trinajstić information content (AvgIpc) is 3.16. The Kier molecular flexibility index (Phi) is 6.17. The SMILES string of the molecule is Cc1ccc(C)c(C(=O)N(Cc2ccc(N(C)C)cc2)CC2CCCO2)c1. The maximum absolute atomic E-state index is 13.3. The van der Waals surface area contributed by atoms with Crippen LogP contribution in [-0.2, 0) is 11.3 Å². The zero-order chi connectivity index (χ0) is 19.4. The van der Waals surface area contributed by atoms with Crippen LogP contribution in [0, 0.1) is 13.8 Å². The summed E-state index contributed by atoms with van der Waals surface area (Å²) in [6, 6.07) is 14.5. The summed E-state index contributed by atoms with van der Waals surface area (Å²) in [7, 11) is 4.06. The van der Waals surface area contributed by atoms with Gasteiger partial charge >= 0.3 is 0 Å². The van der Waals surface area contributed by atoms with Gasteiger partial charge in [0.15, 0.2) is 0 Å². The molecule has 0 saturated carbocycles. The summed E-state index contributed by atoms with van der Waals surface area (Å²) in [5.41, 5.74) is 5.21. The van der Waals surface area contributed by atoms with E-state index in [-0.39, 0.29) is 12.0 Å². The molecule has 0 spiro atoms. The van der Waals surface area contributed by atoms with Gasteiger partial charge < -0.3 is 14.5 Å². The maximum Gasteiger partial charge on any atom is 0.254 e. The number of aryl methyl sites for hydroxylation is 2. The summed E-state index contributed by atoms with van der Waals surface area (Å²) in [4.78, 5) is 17.4. The summed E-state index contributed by atoms with van der Waals surface area (Å²) in [5.74, 6) is 0.0865. The third kappa shape index (κ3) is 4.89. The molecule has 1 atom stereocenters. The predicted octanol–water partition coefficient (Wildman–Crippen LogP) is 4.19. The molecule has 2 aromatic rings. The van der Waals surface area contributed by atoms with Gasteiger partial charge in [-0.1, -0.05) is 29.8 Å². The molecule has 4 heteroatoms. The number of anilines is 1. The number of ether oxygens (including phenoxy) is 1. The Labute approximate surface area is 162 Å². The summed E-state index contributed by atoms with van der Waals surface area (Å²) in [5, 5.41) is 0. The Morgan fingerprint density at radius 3 is 2.48 bits per heavy atom.